The van der Waals surface area contributed by atoms with Crippen molar-refractivity contribution in [2.24, 2.45) is 0 Å². The Hall–Kier alpha value is -1.10. The van der Waals surface area contributed by atoms with E-state index >= 15 is 0 Å². The number of likely N-dealkylation sites (tertiary alicyclic amines) is 1. The molecule has 1 fully saturated rings. The average molecular weight is 243 g/mol. The highest BCUT2D eigenvalue weighted by Gasteiger charge is 2.29. The first-order chi connectivity index (χ1) is 8.11. The lowest BCUT2D eigenvalue weighted by atomic mass is 10.1. The molecule has 1 heterocycles. The monoisotopic (exact) mass is 243 g/mol. The van der Waals surface area contributed by atoms with Gasteiger partial charge in [-0.25, -0.2) is 0 Å². The second kappa shape index (κ2) is 7.27. The number of nitrogens with zero attached hydrogens (tertiary/aromatic N) is 1. The van der Waals surface area contributed by atoms with E-state index in [1.54, 1.807) is 0 Å². The van der Waals surface area contributed by atoms with Gasteiger partial charge in [-0.3, -0.25) is 14.5 Å². The molecule has 0 spiro atoms. The number of carboxylic acids is 2. The van der Waals surface area contributed by atoms with Crippen LogP contribution in [0.2, 0.25) is 0 Å². The Labute approximate surface area is 101 Å². The Morgan fingerprint density at radius 2 is 1.82 bits per heavy atom. The number of aliphatic carboxylic acids is 2. The van der Waals surface area contributed by atoms with Crippen LogP contribution in [0.15, 0.2) is 0 Å². The van der Waals surface area contributed by atoms with E-state index in [4.69, 9.17) is 10.2 Å². The predicted octanol–water partition coefficient (Wildman–Crippen LogP) is 1.57. The van der Waals surface area contributed by atoms with Crippen LogP contribution in [0.25, 0.3) is 0 Å². The Balaban J connectivity index is 2.06. The van der Waals surface area contributed by atoms with Crippen molar-refractivity contribution in [2.75, 3.05) is 13.1 Å². The predicted molar refractivity (Wildman–Crippen MR) is 63.0 cm³/mol. The first-order valence-electron chi connectivity index (χ1n) is 6.30. The molecule has 0 aromatic heterocycles. The van der Waals surface area contributed by atoms with Crippen molar-refractivity contribution in [3.05, 3.63) is 0 Å². The van der Waals surface area contributed by atoms with Crippen molar-refractivity contribution in [2.45, 2.75) is 51.0 Å². The fourth-order valence-electron chi connectivity index (χ4n) is 2.32. The van der Waals surface area contributed by atoms with Gasteiger partial charge in [-0.15, -0.1) is 0 Å². The Morgan fingerprint density at radius 1 is 1.12 bits per heavy atom. The molecule has 17 heavy (non-hydrogen) atoms. The fraction of sp³-hybridized carbons (Fsp3) is 0.833. The van der Waals surface area contributed by atoms with Crippen LogP contribution < -0.4 is 0 Å². The molecule has 1 aliphatic heterocycles. The van der Waals surface area contributed by atoms with Gasteiger partial charge in [0.25, 0.3) is 0 Å². The van der Waals surface area contributed by atoms with Crippen molar-refractivity contribution < 1.29 is 19.8 Å². The minimum atomic E-state index is -0.740. The summed E-state index contributed by atoms with van der Waals surface area (Å²) < 4.78 is 0. The normalized spacial score (nSPS) is 20.6. The van der Waals surface area contributed by atoms with Gasteiger partial charge in [0.1, 0.15) is 6.04 Å². The maximum absolute atomic E-state index is 10.9. The number of unbranched alkanes of at least 4 members (excludes halogenated alkanes) is 3. The molecule has 5 heteroatoms. The summed E-state index contributed by atoms with van der Waals surface area (Å²) in [5, 5.41) is 17.4. The first kappa shape index (κ1) is 14.0. The minimum Gasteiger partial charge on any atom is -0.481 e. The number of rotatable bonds is 8. The van der Waals surface area contributed by atoms with Crippen LogP contribution in [-0.4, -0.2) is 46.2 Å². The van der Waals surface area contributed by atoms with Gasteiger partial charge in [0.15, 0.2) is 0 Å². The van der Waals surface area contributed by atoms with Crippen LogP contribution in [0.1, 0.15) is 44.9 Å². The molecule has 0 aromatic rings. The molecule has 5 nitrogen and oxygen atoms in total. The van der Waals surface area contributed by atoms with Crippen molar-refractivity contribution in [1.29, 1.82) is 0 Å². The molecule has 1 rings (SSSR count). The second-order valence-corrected chi connectivity index (χ2v) is 4.59. The van der Waals surface area contributed by atoms with E-state index in [2.05, 4.69) is 0 Å². The van der Waals surface area contributed by atoms with Gasteiger partial charge in [0.05, 0.1) is 0 Å². The van der Waals surface area contributed by atoms with E-state index < -0.39 is 11.9 Å². The lowest BCUT2D eigenvalue weighted by Gasteiger charge is -2.20. The van der Waals surface area contributed by atoms with Gasteiger partial charge in [0, 0.05) is 6.42 Å². The number of hydrogen-bond acceptors (Lipinski definition) is 3. The number of hydrogen-bond donors (Lipinski definition) is 2. The molecular formula is C12H21NO4. The lowest BCUT2D eigenvalue weighted by Crippen LogP contribution is -2.36. The quantitative estimate of drug-likeness (QED) is 0.633. The van der Waals surface area contributed by atoms with Gasteiger partial charge < -0.3 is 10.2 Å². The molecule has 0 radical (unpaired) electrons. The largest absolute Gasteiger partial charge is 0.481 e. The van der Waals surface area contributed by atoms with Crippen molar-refractivity contribution in [3.8, 4) is 0 Å². The molecule has 0 amide bonds. The first-order valence-corrected chi connectivity index (χ1v) is 6.30. The third kappa shape index (κ3) is 5.17. The summed E-state index contributed by atoms with van der Waals surface area (Å²) in [5.74, 6) is -1.45. The standard InChI is InChI=1S/C12H21NO4/c14-11(15)7-3-1-2-4-8-13-9-5-6-10(13)12(16)17/h10H,1-9H2,(H,14,15)(H,16,17). The molecule has 1 saturated heterocycles. The highest BCUT2D eigenvalue weighted by atomic mass is 16.4. The molecule has 0 bridgehead atoms. The smallest absolute Gasteiger partial charge is 0.320 e. The number of carboxylic acid groups (broad SMARTS) is 2. The SMILES string of the molecule is O=C(O)CCCCCCN1CCCC1C(=O)O. The Kier molecular flexibility index (Phi) is 5.97. The van der Waals surface area contributed by atoms with Crippen LogP contribution in [0, 0.1) is 0 Å². The van der Waals surface area contributed by atoms with Crippen LogP contribution in [0.5, 0.6) is 0 Å². The van der Waals surface area contributed by atoms with Crippen molar-refractivity contribution in [1.82, 2.24) is 4.90 Å². The summed E-state index contributed by atoms with van der Waals surface area (Å²) >= 11 is 0. The van der Waals surface area contributed by atoms with E-state index in [0.29, 0.717) is 0 Å². The topological polar surface area (TPSA) is 77.8 Å². The summed E-state index contributed by atoms with van der Waals surface area (Å²) in [4.78, 5) is 23.2. The van der Waals surface area contributed by atoms with Gasteiger partial charge in [0.2, 0.25) is 0 Å². The van der Waals surface area contributed by atoms with E-state index in [1.165, 1.54) is 0 Å². The summed E-state index contributed by atoms with van der Waals surface area (Å²) in [6.07, 6.45) is 5.54. The maximum Gasteiger partial charge on any atom is 0.320 e. The fourth-order valence-corrected chi connectivity index (χ4v) is 2.32. The Morgan fingerprint density at radius 3 is 2.47 bits per heavy atom. The van der Waals surface area contributed by atoms with Gasteiger partial charge in [-0.2, -0.15) is 0 Å². The van der Waals surface area contributed by atoms with Crippen molar-refractivity contribution >= 4 is 11.9 Å². The second-order valence-electron chi connectivity index (χ2n) is 4.59. The minimum absolute atomic E-state index is 0.238. The maximum atomic E-state index is 10.9. The van der Waals surface area contributed by atoms with Crippen molar-refractivity contribution in [3.63, 3.8) is 0 Å². The average Bonchev–Trinajstić information content (AvgIpc) is 2.71. The van der Waals surface area contributed by atoms with Crippen LogP contribution in [0.3, 0.4) is 0 Å². The molecule has 2 N–H and O–H groups in total. The third-order valence-corrected chi connectivity index (χ3v) is 3.23. The Bertz CT molecular complexity index is 267. The van der Waals surface area contributed by atoms with Crippen LogP contribution >= 0.6 is 0 Å². The number of carbonyl (C=O) groups is 2. The van der Waals surface area contributed by atoms with E-state index in [-0.39, 0.29) is 12.5 Å². The molecule has 0 saturated carbocycles. The zero-order valence-electron chi connectivity index (χ0n) is 10.1. The lowest BCUT2D eigenvalue weighted by molar-refractivity contribution is -0.142. The van der Waals surface area contributed by atoms with Gasteiger partial charge in [-0.1, -0.05) is 12.8 Å². The summed E-state index contributed by atoms with van der Waals surface area (Å²) in [5.41, 5.74) is 0. The molecule has 1 aliphatic rings. The third-order valence-electron chi connectivity index (χ3n) is 3.23. The highest BCUT2D eigenvalue weighted by Crippen LogP contribution is 2.18. The molecule has 1 atom stereocenters. The van der Waals surface area contributed by atoms with E-state index in [1.807, 2.05) is 4.90 Å². The molecular weight excluding hydrogens is 222 g/mol. The summed E-state index contributed by atoms with van der Waals surface area (Å²) in [7, 11) is 0. The summed E-state index contributed by atoms with van der Waals surface area (Å²) in [6, 6.07) is -0.297. The van der Waals surface area contributed by atoms with Gasteiger partial charge >= 0.3 is 11.9 Å². The van der Waals surface area contributed by atoms with Crippen LogP contribution in [0.4, 0.5) is 0 Å². The molecule has 0 aromatic carbocycles. The zero-order chi connectivity index (χ0) is 12.7. The zero-order valence-corrected chi connectivity index (χ0v) is 10.1. The molecule has 1 unspecified atom stereocenters. The summed E-state index contributed by atoms with van der Waals surface area (Å²) in [6.45, 7) is 1.70. The highest BCUT2D eigenvalue weighted by molar-refractivity contribution is 5.73. The van der Waals surface area contributed by atoms with E-state index in [0.717, 1.165) is 51.6 Å². The molecule has 98 valence electrons. The molecule has 0 aliphatic carbocycles. The van der Waals surface area contributed by atoms with E-state index in [9.17, 15) is 9.59 Å². The van der Waals surface area contributed by atoms with Crippen LogP contribution in [-0.2, 0) is 9.59 Å². The van der Waals surface area contributed by atoms with Gasteiger partial charge in [-0.05, 0) is 38.8 Å².